The summed E-state index contributed by atoms with van der Waals surface area (Å²) >= 11 is 3.21. The first-order chi connectivity index (χ1) is 13.1. The molecular weight excluding hydrogens is 470 g/mol. The van der Waals surface area contributed by atoms with E-state index >= 15 is 0 Å². The Hall–Kier alpha value is -1.17. The highest BCUT2D eigenvalue weighted by molar-refractivity contribution is 9.10. The number of sulfonamides is 1. The molecule has 2 amide bonds. The molecule has 0 radical (unpaired) electrons. The van der Waals surface area contributed by atoms with Gasteiger partial charge in [-0.25, -0.2) is 21.6 Å². The molecule has 0 bridgehead atoms. The Morgan fingerprint density at radius 1 is 0.893 bits per heavy atom. The maximum Gasteiger partial charge on any atom is 0.320 e. The van der Waals surface area contributed by atoms with Crippen LogP contribution < -0.4 is 0 Å². The third-order valence-corrected chi connectivity index (χ3v) is 9.09. The summed E-state index contributed by atoms with van der Waals surface area (Å²) in [7, 11) is -7.41. The second-order valence-corrected chi connectivity index (χ2v) is 11.9. The highest BCUT2D eigenvalue weighted by Gasteiger charge is 2.33. The molecule has 0 atom stereocenters. The molecule has 0 aliphatic carbocycles. The van der Waals surface area contributed by atoms with Crippen molar-refractivity contribution in [3.8, 4) is 0 Å². The lowest BCUT2D eigenvalue weighted by Crippen LogP contribution is -2.54. The molecule has 28 heavy (non-hydrogen) atoms. The van der Waals surface area contributed by atoms with Gasteiger partial charge in [-0.1, -0.05) is 0 Å². The molecule has 3 rings (SSSR count). The molecule has 0 N–H and O–H groups in total. The van der Waals surface area contributed by atoms with E-state index in [2.05, 4.69) is 15.9 Å². The van der Waals surface area contributed by atoms with Crippen LogP contribution in [0.5, 0.6) is 0 Å². The molecular formula is C17H24BrN3O5S2. The third kappa shape index (κ3) is 4.52. The van der Waals surface area contributed by atoms with E-state index in [1.54, 1.807) is 4.90 Å². The number of sulfone groups is 1. The summed E-state index contributed by atoms with van der Waals surface area (Å²) in [5.74, 6) is 0. The van der Waals surface area contributed by atoms with Crippen LogP contribution in [0.25, 0.3) is 0 Å². The van der Waals surface area contributed by atoms with Gasteiger partial charge in [0.25, 0.3) is 0 Å². The van der Waals surface area contributed by atoms with Gasteiger partial charge < -0.3 is 9.80 Å². The number of benzene rings is 1. The second kappa shape index (κ2) is 8.29. The smallest absolute Gasteiger partial charge is 0.320 e. The van der Waals surface area contributed by atoms with Crippen LogP contribution in [-0.4, -0.2) is 82.5 Å². The molecule has 1 aromatic carbocycles. The van der Waals surface area contributed by atoms with E-state index in [0.29, 0.717) is 17.6 Å². The van der Waals surface area contributed by atoms with Gasteiger partial charge in [0.15, 0.2) is 9.84 Å². The zero-order chi connectivity index (χ0) is 20.5. The molecule has 1 aromatic rings. The van der Waals surface area contributed by atoms with Gasteiger partial charge in [0.05, 0.1) is 9.79 Å². The van der Waals surface area contributed by atoms with E-state index in [4.69, 9.17) is 0 Å². The first-order valence-electron chi connectivity index (χ1n) is 9.14. The Kier molecular flexibility index (Phi) is 6.38. The molecule has 11 heteroatoms. The molecule has 8 nitrogen and oxygen atoms in total. The minimum Gasteiger partial charge on any atom is -0.325 e. The fraction of sp³-hybridized carbons (Fsp3) is 0.588. The van der Waals surface area contributed by atoms with Gasteiger partial charge in [-0.2, -0.15) is 4.31 Å². The van der Waals surface area contributed by atoms with E-state index in [1.807, 2.05) is 4.90 Å². The number of amides is 2. The number of urea groups is 1. The summed E-state index contributed by atoms with van der Waals surface area (Å²) in [5, 5.41) is 0. The minimum atomic E-state index is -3.88. The molecule has 2 aliphatic rings. The number of piperidine rings is 1. The molecule has 2 aliphatic heterocycles. The van der Waals surface area contributed by atoms with Crippen molar-refractivity contribution in [1.82, 2.24) is 14.1 Å². The van der Waals surface area contributed by atoms with Crippen LogP contribution in [0.3, 0.4) is 0 Å². The van der Waals surface area contributed by atoms with Gasteiger partial charge in [-0.15, -0.1) is 0 Å². The van der Waals surface area contributed by atoms with Gasteiger partial charge in [0.1, 0.15) is 0 Å². The molecule has 2 fully saturated rings. The zero-order valence-electron chi connectivity index (χ0n) is 15.7. The molecule has 0 unspecified atom stereocenters. The highest BCUT2D eigenvalue weighted by Crippen LogP contribution is 2.28. The van der Waals surface area contributed by atoms with Crippen LogP contribution in [-0.2, 0) is 19.9 Å². The summed E-state index contributed by atoms with van der Waals surface area (Å²) in [6.45, 7) is 2.50. The first-order valence-corrected chi connectivity index (χ1v) is 13.3. The van der Waals surface area contributed by atoms with Crippen LogP contribution in [0.15, 0.2) is 32.5 Å². The Bertz CT molecular complexity index is 951. The number of nitrogens with zero attached hydrogens (tertiary/aromatic N) is 3. The van der Waals surface area contributed by atoms with Crippen LogP contribution in [0, 0.1) is 0 Å². The number of carbonyl (C=O) groups is 1. The lowest BCUT2D eigenvalue weighted by atomic mass is 10.1. The molecule has 2 saturated heterocycles. The van der Waals surface area contributed by atoms with Gasteiger partial charge in [-0.3, -0.25) is 0 Å². The van der Waals surface area contributed by atoms with Gasteiger partial charge in [-0.05, 0) is 53.4 Å². The number of likely N-dealkylation sites (tertiary alicyclic amines) is 1. The normalized spacial score (nSPS) is 19.6. The van der Waals surface area contributed by atoms with Crippen molar-refractivity contribution < 1.29 is 21.6 Å². The Morgan fingerprint density at radius 3 is 2.04 bits per heavy atom. The number of halogens is 1. The highest BCUT2D eigenvalue weighted by atomic mass is 79.9. The molecule has 0 spiro atoms. The predicted molar refractivity (Wildman–Crippen MR) is 108 cm³/mol. The lowest BCUT2D eigenvalue weighted by molar-refractivity contribution is 0.126. The molecule has 2 heterocycles. The SMILES string of the molecule is CS(=O)(=O)c1ccc(Br)c(S(=O)(=O)N2CCN(C(=O)N3CCCCC3)CC2)c1. The Labute approximate surface area is 174 Å². The van der Waals surface area contributed by atoms with E-state index in [1.165, 1.54) is 22.5 Å². The monoisotopic (exact) mass is 493 g/mol. The molecule has 0 saturated carbocycles. The second-order valence-electron chi connectivity index (χ2n) is 7.09. The van der Waals surface area contributed by atoms with Crippen LogP contribution in [0.1, 0.15) is 19.3 Å². The number of hydrogen-bond donors (Lipinski definition) is 0. The number of hydrogen-bond acceptors (Lipinski definition) is 5. The largest absolute Gasteiger partial charge is 0.325 e. The number of carbonyl (C=O) groups excluding carboxylic acids is 1. The fourth-order valence-electron chi connectivity index (χ4n) is 3.46. The van der Waals surface area contributed by atoms with Crippen molar-refractivity contribution in [1.29, 1.82) is 0 Å². The summed E-state index contributed by atoms with van der Waals surface area (Å²) in [6.07, 6.45) is 4.18. The quantitative estimate of drug-likeness (QED) is 0.639. The topological polar surface area (TPSA) is 95.1 Å². The van der Waals surface area contributed by atoms with Crippen molar-refractivity contribution in [2.75, 3.05) is 45.5 Å². The summed E-state index contributed by atoms with van der Waals surface area (Å²) in [4.78, 5) is 16.0. The Morgan fingerprint density at radius 2 is 1.46 bits per heavy atom. The van der Waals surface area contributed by atoms with Crippen LogP contribution >= 0.6 is 15.9 Å². The summed E-state index contributed by atoms with van der Waals surface area (Å²) in [5.41, 5.74) is 0. The average molecular weight is 494 g/mol. The average Bonchev–Trinajstić information content (AvgIpc) is 2.67. The van der Waals surface area contributed by atoms with Gasteiger partial charge in [0.2, 0.25) is 10.0 Å². The van der Waals surface area contributed by atoms with Crippen LogP contribution in [0.2, 0.25) is 0 Å². The van der Waals surface area contributed by atoms with E-state index < -0.39 is 19.9 Å². The van der Waals surface area contributed by atoms with E-state index in [9.17, 15) is 21.6 Å². The molecule has 156 valence electrons. The van der Waals surface area contributed by atoms with Gasteiger partial charge in [0, 0.05) is 50.0 Å². The maximum absolute atomic E-state index is 13.1. The van der Waals surface area contributed by atoms with Crippen molar-refractivity contribution in [3.63, 3.8) is 0 Å². The van der Waals surface area contributed by atoms with Crippen LogP contribution in [0.4, 0.5) is 4.79 Å². The van der Waals surface area contributed by atoms with E-state index in [-0.39, 0.29) is 28.9 Å². The van der Waals surface area contributed by atoms with E-state index in [0.717, 1.165) is 38.6 Å². The van der Waals surface area contributed by atoms with Crippen molar-refractivity contribution in [2.24, 2.45) is 0 Å². The number of piperazine rings is 1. The predicted octanol–water partition coefficient (Wildman–Crippen LogP) is 1.76. The standard InChI is InChI=1S/C17H24BrN3O5S2/c1-27(23,24)14-5-6-15(18)16(13-14)28(25,26)21-11-9-20(10-12-21)17(22)19-7-3-2-4-8-19/h5-6,13H,2-4,7-12H2,1H3. The Balaban J connectivity index is 1.74. The van der Waals surface area contributed by atoms with Gasteiger partial charge >= 0.3 is 6.03 Å². The lowest BCUT2D eigenvalue weighted by Gasteiger charge is -2.38. The maximum atomic E-state index is 13.1. The third-order valence-electron chi connectivity index (χ3n) is 5.08. The molecule has 0 aromatic heterocycles. The zero-order valence-corrected chi connectivity index (χ0v) is 18.9. The van der Waals surface area contributed by atoms with Crippen molar-refractivity contribution in [3.05, 3.63) is 22.7 Å². The van der Waals surface area contributed by atoms with Crippen molar-refractivity contribution >= 4 is 41.8 Å². The van der Waals surface area contributed by atoms with Crippen molar-refractivity contribution in [2.45, 2.75) is 29.1 Å². The number of rotatable bonds is 3. The summed E-state index contributed by atoms with van der Waals surface area (Å²) in [6, 6.07) is 3.95. The summed E-state index contributed by atoms with van der Waals surface area (Å²) < 4.78 is 51.3. The minimum absolute atomic E-state index is 0.0306. The first kappa shape index (κ1) is 21.5. The fourth-order valence-corrected chi connectivity index (χ4v) is 6.55.